The number of ether oxygens (including phenoxy) is 1. The van der Waals surface area contributed by atoms with Crippen LogP contribution in [-0.4, -0.2) is 44.6 Å². The van der Waals surface area contributed by atoms with E-state index in [1.807, 2.05) is 13.1 Å². The molecule has 20 heavy (non-hydrogen) atoms. The SMILES string of the molecule is CNCc1c(F)cccc1N1CCC(OCCO)CC1. The Kier molecular flexibility index (Phi) is 5.76. The van der Waals surface area contributed by atoms with Gasteiger partial charge in [0.05, 0.1) is 19.3 Å². The molecule has 0 unspecified atom stereocenters. The second-order valence-corrected chi connectivity index (χ2v) is 5.05. The average Bonchev–Trinajstić information content (AvgIpc) is 2.48. The van der Waals surface area contributed by atoms with Crippen molar-refractivity contribution in [3.63, 3.8) is 0 Å². The van der Waals surface area contributed by atoms with Gasteiger partial charge in [-0.05, 0) is 32.0 Å². The minimum absolute atomic E-state index is 0.0659. The van der Waals surface area contributed by atoms with Crippen molar-refractivity contribution < 1.29 is 14.2 Å². The molecule has 112 valence electrons. The molecule has 0 aliphatic carbocycles. The molecule has 5 heteroatoms. The quantitative estimate of drug-likeness (QED) is 0.830. The van der Waals surface area contributed by atoms with Crippen molar-refractivity contribution in [3.8, 4) is 0 Å². The number of nitrogens with one attached hydrogen (secondary N) is 1. The molecule has 0 atom stereocenters. The third-order valence-corrected chi connectivity index (χ3v) is 3.68. The molecule has 0 aromatic heterocycles. The van der Waals surface area contributed by atoms with E-state index in [0.29, 0.717) is 13.2 Å². The Morgan fingerprint density at radius 3 is 2.80 bits per heavy atom. The second kappa shape index (κ2) is 7.57. The lowest BCUT2D eigenvalue weighted by Crippen LogP contribution is -2.38. The standard InChI is InChI=1S/C15H23FN2O2/c1-17-11-13-14(16)3-2-4-15(13)18-7-5-12(6-8-18)20-10-9-19/h2-4,12,17,19H,5-11H2,1H3. The summed E-state index contributed by atoms with van der Waals surface area (Å²) in [5.74, 6) is -0.157. The number of piperidine rings is 1. The van der Waals surface area contributed by atoms with Crippen LogP contribution in [0.5, 0.6) is 0 Å². The maximum atomic E-state index is 13.9. The van der Waals surface area contributed by atoms with E-state index in [-0.39, 0.29) is 18.5 Å². The largest absolute Gasteiger partial charge is 0.394 e. The smallest absolute Gasteiger partial charge is 0.129 e. The van der Waals surface area contributed by atoms with E-state index >= 15 is 0 Å². The van der Waals surface area contributed by atoms with Gasteiger partial charge >= 0.3 is 0 Å². The summed E-state index contributed by atoms with van der Waals surface area (Å²) in [6.45, 7) is 2.71. The summed E-state index contributed by atoms with van der Waals surface area (Å²) < 4.78 is 19.5. The molecule has 0 saturated carbocycles. The number of hydrogen-bond acceptors (Lipinski definition) is 4. The molecule has 2 rings (SSSR count). The summed E-state index contributed by atoms with van der Waals surface area (Å²) >= 11 is 0. The number of halogens is 1. The minimum Gasteiger partial charge on any atom is -0.394 e. The zero-order valence-corrected chi connectivity index (χ0v) is 11.9. The Labute approximate surface area is 119 Å². The van der Waals surface area contributed by atoms with Crippen LogP contribution >= 0.6 is 0 Å². The summed E-state index contributed by atoms with van der Waals surface area (Å²) in [6, 6.07) is 5.25. The summed E-state index contributed by atoms with van der Waals surface area (Å²) in [4.78, 5) is 2.22. The Balaban J connectivity index is 2.01. The fourth-order valence-electron chi connectivity index (χ4n) is 2.68. The molecule has 1 fully saturated rings. The normalized spacial score (nSPS) is 16.6. The number of benzene rings is 1. The van der Waals surface area contributed by atoms with E-state index in [2.05, 4.69) is 10.2 Å². The molecule has 1 aromatic rings. The molecule has 1 aromatic carbocycles. The van der Waals surface area contributed by atoms with Gasteiger partial charge in [0.15, 0.2) is 0 Å². The lowest BCUT2D eigenvalue weighted by atomic mass is 10.0. The molecule has 2 N–H and O–H groups in total. The van der Waals surface area contributed by atoms with Crippen LogP contribution in [0.3, 0.4) is 0 Å². The van der Waals surface area contributed by atoms with Crippen molar-refractivity contribution in [3.05, 3.63) is 29.6 Å². The van der Waals surface area contributed by atoms with Gasteiger partial charge in [0.1, 0.15) is 5.82 Å². The van der Waals surface area contributed by atoms with Gasteiger partial charge in [-0.3, -0.25) is 0 Å². The van der Waals surface area contributed by atoms with Crippen molar-refractivity contribution in [1.29, 1.82) is 0 Å². The fourth-order valence-corrected chi connectivity index (χ4v) is 2.68. The van der Waals surface area contributed by atoms with Gasteiger partial charge in [-0.25, -0.2) is 4.39 Å². The first-order chi connectivity index (χ1) is 9.76. The molecule has 1 aliphatic rings. The first-order valence-electron chi connectivity index (χ1n) is 7.15. The fraction of sp³-hybridized carbons (Fsp3) is 0.600. The van der Waals surface area contributed by atoms with Crippen LogP contribution < -0.4 is 10.2 Å². The number of aliphatic hydroxyl groups is 1. The van der Waals surface area contributed by atoms with E-state index in [1.54, 1.807) is 6.07 Å². The van der Waals surface area contributed by atoms with Gasteiger partial charge < -0.3 is 20.1 Å². The molecule has 1 aliphatic heterocycles. The van der Waals surface area contributed by atoms with Gasteiger partial charge in [0.25, 0.3) is 0 Å². The molecule has 0 spiro atoms. The second-order valence-electron chi connectivity index (χ2n) is 5.05. The first kappa shape index (κ1) is 15.2. The summed E-state index contributed by atoms with van der Waals surface area (Å²) in [6.07, 6.45) is 2.03. The highest BCUT2D eigenvalue weighted by Crippen LogP contribution is 2.27. The summed E-state index contributed by atoms with van der Waals surface area (Å²) in [5.41, 5.74) is 1.70. The lowest BCUT2D eigenvalue weighted by Gasteiger charge is -2.34. The van der Waals surface area contributed by atoms with Crippen LogP contribution in [0.4, 0.5) is 10.1 Å². The Bertz CT molecular complexity index is 420. The Hall–Kier alpha value is -1.17. The van der Waals surface area contributed by atoms with Crippen LogP contribution in [0.1, 0.15) is 18.4 Å². The van der Waals surface area contributed by atoms with E-state index in [0.717, 1.165) is 37.2 Å². The van der Waals surface area contributed by atoms with Crippen molar-refractivity contribution in [2.45, 2.75) is 25.5 Å². The van der Waals surface area contributed by atoms with Crippen LogP contribution in [-0.2, 0) is 11.3 Å². The third-order valence-electron chi connectivity index (χ3n) is 3.68. The van der Waals surface area contributed by atoms with E-state index in [1.165, 1.54) is 6.07 Å². The Morgan fingerprint density at radius 1 is 1.40 bits per heavy atom. The monoisotopic (exact) mass is 282 g/mol. The highest BCUT2D eigenvalue weighted by Gasteiger charge is 2.22. The first-order valence-corrected chi connectivity index (χ1v) is 7.15. The van der Waals surface area contributed by atoms with Crippen molar-refractivity contribution in [2.75, 3.05) is 38.3 Å². The summed E-state index contributed by atoms with van der Waals surface area (Å²) in [5, 5.41) is 11.8. The van der Waals surface area contributed by atoms with Gasteiger partial charge in [-0.2, -0.15) is 0 Å². The maximum Gasteiger partial charge on any atom is 0.129 e. The number of anilines is 1. The van der Waals surface area contributed by atoms with E-state index in [9.17, 15) is 4.39 Å². The zero-order chi connectivity index (χ0) is 14.4. The van der Waals surface area contributed by atoms with Crippen LogP contribution in [0.2, 0.25) is 0 Å². The molecule has 1 heterocycles. The van der Waals surface area contributed by atoms with Crippen LogP contribution in [0.15, 0.2) is 18.2 Å². The van der Waals surface area contributed by atoms with Crippen LogP contribution in [0.25, 0.3) is 0 Å². The molecule has 0 amide bonds. The number of hydrogen-bond donors (Lipinski definition) is 2. The lowest BCUT2D eigenvalue weighted by molar-refractivity contribution is 0.0159. The van der Waals surface area contributed by atoms with Gasteiger partial charge in [-0.15, -0.1) is 0 Å². The molecule has 0 radical (unpaired) electrons. The van der Waals surface area contributed by atoms with E-state index < -0.39 is 0 Å². The van der Waals surface area contributed by atoms with Crippen molar-refractivity contribution in [1.82, 2.24) is 5.32 Å². The van der Waals surface area contributed by atoms with Gasteiger partial charge in [-0.1, -0.05) is 6.07 Å². The third kappa shape index (κ3) is 3.69. The predicted octanol–water partition coefficient (Wildman–Crippen LogP) is 1.52. The zero-order valence-electron chi connectivity index (χ0n) is 11.9. The predicted molar refractivity (Wildman–Crippen MR) is 77.4 cm³/mol. The molecule has 4 nitrogen and oxygen atoms in total. The van der Waals surface area contributed by atoms with E-state index in [4.69, 9.17) is 9.84 Å². The van der Waals surface area contributed by atoms with Crippen molar-refractivity contribution in [2.24, 2.45) is 0 Å². The van der Waals surface area contributed by atoms with Gasteiger partial charge in [0.2, 0.25) is 0 Å². The van der Waals surface area contributed by atoms with Crippen LogP contribution in [0, 0.1) is 5.82 Å². The van der Waals surface area contributed by atoms with Gasteiger partial charge in [0, 0.05) is 30.9 Å². The Morgan fingerprint density at radius 2 is 2.15 bits per heavy atom. The molecular formula is C15H23FN2O2. The molecular weight excluding hydrogens is 259 g/mol. The number of aliphatic hydroxyl groups excluding tert-OH is 1. The number of rotatable bonds is 6. The summed E-state index contributed by atoms with van der Waals surface area (Å²) in [7, 11) is 1.82. The topological polar surface area (TPSA) is 44.7 Å². The van der Waals surface area contributed by atoms with Crippen molar-refractivity contribution >= 4 is 5.69 Å². The molecule has 0 bridgehead atoms. The number of nitrogens with zero attached hydrogens (tertiary/aromatic N) is 1. The maximum absolute atomic E-state index is 13.9. The molecule has 1 saturated heterocycles. The minimum atomic E-state index is -0.157. The average molecular weight is 282 g/mol. The highest BCUT2D eigenvalue weighted by molar-refractivity contribution is 5.54. The highest BCUT2D eigenvalue weighted by atomic mass is 19.1.